The minimum Gasteiger partial charge on any atom is -0.293 e. The van der Waals surface area contributed by atoms with E-state index in [1.165, 1.54) is 0 Å². The van der Waals surface area contributed by atoms with Crippen LogP contribution in [0.25, 0.3) is 16.9 Å². The average Bonchev–Trinajstić information content (AvgIpc) is 3.18. The third kappa shape index (κ3) is 3.92. The number of benzene rings is 2. The second kappa shape index (κ2) is 8.46. The second-order valence-corrected chi connectivity index (χ2v) is 9.98. The van der Waals surface area contributed by atoms with Crippen LogP contribution >= 0.6 is 0 Å². The van der Waals surface area contributed by atoms with E-state index < -0.39 is 10.0 Å². The number of para-hydroxylation sites is 1. The van der Waals surface area contributed by atoms with Crippen LogP contribution in [0.1, 0.15) is 11.4 Å². The van der Waals surface area contributed by atoms with Crippen LogP contribution in [0, 0.1) is 6.92 Å². The van der Waals surface area contributed by atoms with E-state index in [0.717, 1.165) is 28.2 Å². The quantitative estimate of drug-likeness (QED) is 0.470. The van der Waals surface area contributed by atoms with Gasteiger partial charge in [0.1, 0.15) is 11.3 Å². The molecule has 1 fully saturated rings. The zero-order chi connectivity index (χ0) is 22.1. The zero-order valence-corrected chi connectivity index (χ0v) is 18.7. The lowest BCUT2D eigenvalue weighted by atomic mass is 10.2. The molecule has 5 rings (SSSR count). The minimum atomic E-state index is -3.47. The van der Waals surface area contributed by atoms with Crippen molar-refractivity contribution >= 4 is 21.2 Å². The number of piperazine rings is 1. The number of rotatable bonds is 5. The van der Waals surface area contributed by atoms with Gasteiger partial charge in [-0.15, -0.1) is 0 Å². The summed E-state index contributed by atoms with van der Waals surface area (Å²) in [5, 5.41) is 0. The molecule has 3 heterocycles. The van der Waals surface area contributed by atoms with Gasteiger partial charge in [0.05, 0.1) is 11.4 Å². The molecule has 164 valence electrons. The third-order valence-electron chi connectivity index (χ3n) is 5.85. The molecule has 0 spiro atoms. The van der Waals surface area contributed by atoms with Crippen molar-refractivity contribution in [3.63, 3.8) is 0 Å². The molecule has 7 nitrogen and oxygen atoms in total. The van der Waals surface area contributed by atoms with Crippen molar-refractivity contribution in [3.05, 3.63) is 84.3 Å². The van der Waals surface area contributed by atoms with Gasteiger partial charge in [0.2, 0.25) is 10.0 Å². The first-order valence-corrected chi connectivity index (χ1v) is 12.1. The van der Waals surface area contributed by atoms with Crippen molar-refractivity contribution in [1.82, 2.24) is 23.7 Å². The Morgan fingerprint density at radius 2 is 1.59 bits per heavy atom. The Morgan fingerprint density at radius 1 is 0.875 bits per heavy atom. The lowest BCUT2D eigenvalue weighted by molar-refractivity contribution is 0.177. The SMILES string of the molecule is Cc1ccc(S(=O)(=O)N2CCN(Cc3nc4cccnc4n3-c3ccccc3)CC2)cc1. The van der Waals surface area contributed by atoms with E-state index in [9.17, 15) is 8.42 Å². The summed E-state index contributed by atoms with van der Waals surface area (Å²) in [7, 11) is -3.47. The summed E-state index contributed by atoms with van der Waals surface area (Å²) < 4.78 is 29.7. The van der Waals surface area contributed by atoms with E-state index in [2.05, 4.69) is 14.5 Å². The molecule has 2 aromatic carbocycles. The largest absolute Gasteiger partial charge is 0.293 e. The fraction of sp³-hybridized carbons (Fsp3) is 0.250. The average molecular weight is 448 g/mol. The number of fused-ring (bicyclic) bond motifs is 1. The first-order chi connectivity index (χ1) is 15.5. The van der Waals surface area contributed by atoms with E-state index >= 15 is 0 Å². The van der Waals surface area contributed by atoms with Crippen molar-refractivity contribution in [3.8, 4) is 5.69 Å². The normalized spacial score (nSPS) is 15.9. The van der Waals surface area contributed by atoms with Crippen molar-refractivity contribution in [2.75, 3.05) is 26.2 Å². The van der Waals surface area contributed by atoms with Crippen LogP contribution < -0.4 is 0 Å². The lowest BCUT2D eigenvalue weighted by Crippen LogP contribution is -2.48. The summed E-state index contributed by atoms with van der Waals surface area (Å²) >= 11 is 0. The van der Waals surface area contributed by atoms with Crippen molar-refractivity contribution in [2.45, 2.75) is 18.4 Å². The molecular formula is C24H25N5O2S. The van der Waals surface area contributed by atoms with Gasteiger partial charge < -0.3 is 0 Å². The Morgan fingerprint density at radius 3 is 2.31 bits per heavy atom. The standard InChI is InChI=1S/C24H25N5O2S/c1-19-9-11-21(12-10-19)32(30,31)28-16-14-27(15-17-28)18-23-26-22-8-5-13-25-24(22)29(23)20-6-3-2-4-7-20/h2-13H,14-18H2,1H3. The fourth-order valence-corrected chi connectivity index (χ4v) is 5.52. The van der Waals surface area contributed by atoms with Crippen molar-refractivity contribution in [2.24, 2.45) is 0 Å². The number of hydrogen-bond acceptors (Lipinski definition) is 5. The molecule has 4 aromatic rings. The van der Waals surface area contributed by atoms with Gasteiger partial charge in [0.15, 0.2) is 5.65 Å². The molecule has 1 aliphatic rings. The smallest absolute Gasteiger partial charge is 0.243 e. The molecule has 0 saturated carbocycles. The maximum atomic E-state index is 13.0. The Kier molecular flexibility index (Phi) is 5.50. The van der Waals surface area contributed by atoms with Crippen LogP contribution in [0.2, 0.25) is 0 Å². The topological polar surface area (TPSA) is 71.3 Å². The number of nitrogens with zero attached hydrogens (tertiary/aromatic N) is 5. The highest BCUT2D eigenvalue weighted by Crippen LogP contribution is 2.23. The predicted octanol–water partition coefficient (Wildman–Crippen LogP) is 3.24. The van der Waals surface area contributed by atoms with Gasteiger partial charge in [0.25, 0.3) is 0 Å². The first-order valence-electron chi connectivity index (χ1n) is 10.7. The van der Waals surface area contributed by atoms with Gasteiger partial charge in [0, 0.05) is 38.1 Å². The third-order valence-corrected chi connectivity index (χ3v) is 7.77. The molecule has 0 bridgehead atoms. The molecule has 2 aromatic heterocycles. The molecule has 0 aliphatic carbocycles. The fourth-order valence-electron chi connectivity index (χ4n) is 4.10. The summed E-state index contributed by atoms with van der Waals surface area (Å²) in [5.74, 6) is 0.903. The van der Waals surface area contributed by atoms with Gasteiger partial charge in [-0.2, -0.15) is 4.31 Å². The van der Waals surface area contributed by atoms with Crippen molar-refractivity contribution in [1.29, 1.82) is 0 Å². The maximum absolute atomic E-state index is 13.0. The van der Waals surface area contributed by atoms with E-state index in [4.69, 9.17) is 4.98 Å². The van der Waals surface area contributed by atoms with Crippen LogP contribution in [0.4, 0.5) is 0 Å². The number of sulfonamides is 1. The molecule has 0 unspecified atom stereocenters. The summed E-state index contributed by atoms with van der Waals surface area (Å²) in [6.07, 6.45) is 1.78. The molecule has 8 heteroatoms. The number of pyridine rings is 1. The molecule has 0 atom stereocenters. The predicted molar refractivity (Wildman–Crippen MR) is 124 cm³/mol. The molecule has 1 aliphatic heterocycles. The molecule has 1 saturated heterocycles. The summed E-state index contributed by atoms with van der Waals surface area (Å²) in [6.45, 7) is 4.80. The molecule has 0 N–H and O–H groups in total. The van der Waals surface area contributed by atoms with E-state index in [1.807, 2.05) is 61.5 Å². The second-order valence-electron chi connectivity index (χ2n) is 8.04. The highest BCUT2D eigenvalue weighted by molar-refractivity contribution is 7.89. The van der Waals surface area contributed by atoms with Gasteiger partial charge in [-0.25, -0.2) is 18.4 Å². The van der Waals surface area contributed by atoms with Crippen LogP contribution in [-0.2, 0) is 16.6 Å². The van der Waals surface area contributed by atoms with E-state index in [-0.39, 0.29) is 0 Å². The Balaban J connectivity index is 1.35. The molecule has 0 radical (unpaired) electrons. The Bertz CT molecular complexity index is 1330. The van der Waals surface area contributed by atoms with E-state index in [1.54, 1.807) is 22.6 Å². The summed E-state index contributed by atoms with van der Waals surface area (Å²) in [4.78, 5) is 12.0. The first kappa shape index (κ1) is 20.8. The zero-order valence-electron chi connectivity index (χ0n) is 17.9. The van der Waals surface area contributed by atoms with Crippen LogP contribution in [0.5, 0.6) is 0 Å². The number of hydrogen-bond donors (Lipinski definition) is 0. The van der Waals surface area contributed by atoms with Gasteiger partial charge in [-0.1, -0.05) is 35.9 Å². The van der Waals surface area contributed by atoms with Crippen LogP contribution in [0.3, 0.4) is 0 Å². The van der Waals surface area contributed by atoms with Gasteiger partial charge in [-0.3, -0.25) is 9.47 Å². The maximum Gasteiger partial charge on any atom is 0.243 e. The monoisotopic (exact) mass is 447 g/mol. The lowest BCUT2D eigenvalue weighted by Gasteiger charge is -2.33. The number of aromatic nitrogens is 3. The number of aryl methyl sites for hydroxylation is 1. The summed E-state index contributed by atoms with van der Waals surface area (Å²) in [6, 6.07) is 21.0. The van der Waals surface area contributed by atoms with Gasteiger partial charge >= 0.3 is 0 Å². The molecule has 0 amide bonds. The highest BCUT2D eigenvalue weighted by Gasteiger charge is 2.29. The molecular weight excluding hydrogens is 422 g/mol. The summed E-state index contributed by atoms with van der Waals surface area (Å²) in [5.41, 5.74) is 3.75. The van der Waals surface area contributed by atoms with E-state index in [0.29, 0.717) is 37.6 Å². The van der Waals surface area contributed by atoms with Gasteiger partial charge in [-0.05, 0) is 43.3 Å². The van der Waals surface area contributed by atoms with Crippen LogP contribution in [0.15, 0.2) is 77.8 Å². The van der Waals surface area contributed by atoms with Crippen molar-refractivity contribution < 1.29 is 8.42 Å². The molecule has 32 heavy (non-hydrogen) atoms. The minimum absolute atomic E-state index is 0.355. The Hall–Kier alpha value is -3.07. The Labute approximate surface area is 188 Å². The number of imidazole rings is 1. The highest BCUT2D eigenvalue weighted by atomic mass is 32.2. The van der Waals surface area contributed by atoms with Crippen LogP contribution in [-0.4, -0.2) is 58.3 Å².